The smallest absolute Gasteiger partial charge is 0.381 e. The third-order valence-corrected chi connectivity index (χ3v) is 4.26. The Morgan fingerprint density at radius 2 is 1.82 bits per heavy atom. The number of carbonyl (C=O) groups excluding carboxylic acids is 2. The lowest BCUT2D eigenvalue weighted by Crippen LogP contribution is -2.24. The van der Waals surface area contributed by atoms with Gasteiger partial charge in [-0.1, -0.05) is 12.1 Å². The molecule has 9 heteroatoms. The number of carbonyl (C=O) groups is 2. The van der Waals surface area contributed by atoms with Gasteiger partial charge in [0, 0.05) is 12.3 Å². The van der Waals surface area contributed by atoms with Crippen molar-refractivity contribution in [1.82, 2.24) is 0 Å². The van der Waals surface area contributed by atoms with Crippen molar-refractivity contribution in [2.45, 2.75) is 12.6 Å². The minimum Gasteiger partial charge on any atom is -0.381 e. The normalized spacial score (nSPS) is 16.6. The van der Waals surface area contributed by atoms with E-state index in [-0.39, 0.29) is 17.9 Å². The molecular formula is C19H16F4N2O3. The fraction of sp³-hybridized carbons (Fsp3) is 0.263. The fourth-order valence-electron chi connectivity index (χ4n) is 2.79. The second-order valence-electron chi connectivity index (χ2n) is 6.24. The summed E-state index contributed by atoms with van der Waals surface area (Å²) in [6.07, 6.45) is -4.34. The molecule has 1 aliphatic rings. The molecular weight excluding hydrogens is 380 g/mol. The molecule has 5 nitrogen and oxygen atoms in total. The number of benzene rings is 2. The summed E-state index contributed by atoms with van der Waals surface area (Å²) >= 11 is 0. The highest BCUT2D eigenvalue weighted by Crippen LogP contribution is 2.37. The number of amides is 2. The summed E-state index contributed by atoms with van der Waals surface area (Å²) in [5.41, 5.74) is -2.02. The van der Waals surface area contributed by atoms with Gasteiger partial charge in [0.05, 0.1) is 29.3 Å². The summed E-state index contributed by atoms with van der Waals surface area (Å²) in [4.78, 5) is 24.2. The summed E-state index contributed by atoms with van der Waals surface area (Å²) in [5.74, 6) is -2.75. The van der Waals surface area contributed by atoms with E-state index in [4.69, 9.17) is 4.74 Å². The Hall–Kier alpha value is -2.94. The summed E-state index contributed by atoms with van der Waals surface area (Å²) in [7, 11) is 0. The van der Waals surface area contributed by atoms with Gasteiger partial charge < -0.3 is 15.4 Å². The second-order valence-corrected chi connectivity index (χ2v) is 6.24. The molecule has 3 rings (SSSR count). The van der Waals surface area contributed by atoms with Crippen molar-refractivity contribution in [3.63, 3.8) is 0 Å². The highest BCUT2D eigenvalue weighted by molar-refractivity contribution is 6.04. The molecule has 148 valence electrons. The molecule has 0 aliphatic carbocycles. The van der Waals surface area contributed by atoms with Crippen LogP contribution >= 0.6 is 0 Å². The van der Waals surface area contributed by atoms with Gasteiger partial charge in [0.2, 0.25) is 5.91 Å². The molecule has 1 heterocycles. The number of nitrogens with one attached hydrogen (secondary N) is 2. The molecule has 1 aliphatic heterocycles. The number of alkyl halides is 3. The fourth-order valence-corrected chi connectivity index (χ4v) is 2.79. The molecule has 0 radical (unpaired) electrons. The predicted molar refractivity (Wildman–Crippen MR) is 93.4 cm³/mol. The maximum Gasteiger partial charge on any atom is 0.418 e. The molecule has 2 amide bonds. The maximum atomic E-state index is 13.7. The quantitative estimate of drug-likeness (QED) is 0.766. The minimum absolute atomic E-state index is 0.157. The summed E-state index contributed by atoms with van der Waals surface area (Å²) in [5, 5.41) is 4.50. The zero-order valence-electron chi connectivity index (χ0n) is 14.5. The summed E-state index contributed by atoms with van der Waals surface area (Å²) in [6.45, 7) is 0.537. The van der Waals surface area contributed by atoms with E-state index >= 15 is 0 Å². The van der Waals surface area contributed by atoms with Gasteiger partial charge in [0.1, 0.15) is 5.82 Å². The lowest BCUT2D eigenvalue weighted by atomic mass is 10.1. The summed E-state index contributed by atoms with van der Waals surface area (Å²) < 4.78 is 59.0. The number of halogens is 4. The molecule has 1 saturated heterocycles. The van der Waals surface area contributed by atoms with Crippen LogP contribution in [0.15, 0.2) is 42.5 Å². The number of hydrogen-bond acceptors (Lipinski definition) is 3. The SMILES string of the molecule is O=C(Nc1ccc(NC(=O)C2CCOC2)c(C(F)(F)F)c1)c1ccccc1F. The number of anilines is 2. The Labute approximate surface area is 157 Å². The van der Waals surface area contributed by atoms with E-state index in [2.05, 4.69) is 10.6 Å². The monoisotopic (exact) mass is 396 g/mol. The number of ether oxygens (including phenoxy) is 1. The molecule has 2 N–H and O–H groups in total. The van der Waals surface area contributed by atoms with Crippen LogP contribution in [-0.2, 0) is 15.7 Å². The molecule has 1 atom stereocenters. The average Bonchev–Trinajstić information content (AvgIpc) is 3.17. The first-order valence-corrected chi connectivity index (χ1v) is 8.41. The van der Waals surface area contributed by atoms with Crippen LogP contribution in [0.3, 0.4) is 0 Å². The van der Waals surface area contributed by atoms with Crippen LogP contribution in [0.1, 0.15) is 22.3 Å². The van der Waals surface area contributed by atoms with Gasteiger partial charge in [-0.05, 0) is 36.8 Å². The highest BCUT2D eigenvalue weighted by Gasteiger charge is 2.35. The van der Waals surface area contributed by atoms with E-state index in [1.807, 2.05) is 0 Å². The molecule has 2 aromatic rings. The topological polar surface area (TPSA) is 67.4 Å². The first kappa shape index (κ1) is 19.8. The van der Waals surface area contributed by atoms with Crippen LogP contribution < -0.4 is 10.6 Å². The van der Waals surface area contributed by atoms with Crippen molar-refractivity contribution in [3.05, 3.63) is 59.4 Å². The van der Waals surface area contributed by atoms with Crippen molar-refractivity contribution < 1.29 is 31.9 Å². The van der Waals surface area contributed by atoms with E-state index < -0.39 is 41.0 Å². The van der Waals surface area contributed by atoms with Crippen LogP contribution in [0.25, 0.3) is 0 Å². The van der Waals surface area contributed by atoms with Crippen LogP contribution in [0.5, 0.6) is 0 Å². The van der Waals surface area contributed by atoms with Gasteiger partial charge in [-0.15, -0.1) is 0 Å². The molecule has 0 aromatic heterocycles. The highest BCUT2D eigenvalue weighted by atomic mass is 19.4. The number of rotatable bonds is 4. The molecule has 2 aromatic carbocycles. The van der Waals surface area contributed by atoms with Crippen molar-refractivity contribution in [3.8, 4) is 0 Å². The van der Waals surface area contributed by atoms with Crippen LogP contribution in [0.4, 0.5) is 28.9 Å². The Kier molecular flexibility index (Phi) is 5.64. The van der Waals surface area contributed by atoms with Crippen LogP contribution in [-0.4, -0.2) is 25.0 Å². The van der Waals surface area contributed by atoms with E-state index in [9.17, 15) is 27.2 Å². The van der Waals surface area contributed by atoms with E-state index in [0.29, 0.717) is 19.1 Å². The Balaban J connectivity index is 1.83. The van der Waals surface area contributed by atoms with Crippen molar-refractivity contribution in [2.75, 3.05) is 23.8 Å². The first-order chi connectivity index (χ1) is 13.3. The summed E-state index contributed by atoms with van der Waals surface area (Å²) in [6, 6.07) is 8.06. The Morgan fingerprint density at radius 1 is 1.07 bits per heavy atom. The van der Waals surface area contributed by atoms with E-state index in [0.717, 1.165) is 12.1 Å². The standard InChI is InChI=1S/C19H16F4N2O3/c20-15-4-2-1-3-13(15)18(27)24-12-5-6-16(14(9-12)19(21,22)23)25-17(26)11-7-8-28-10-11/h1-6,9,11H,7-8,10H2,(H,24,27)(H,25,26). The van der Waals surface area contributed by atoms with Crippen molar-refractivity contribution in [2.24, 2.45) is 5.92 Å². The minimum atomic E-state index is -4.77. The molecule has 0 bridgehead atoms. The molecule has 28 heavy (non-hydrogen) atoms. The average molecular weight is 396 g/mol. The second kappa shape index (κ2) is 7.97. The molecule has 1 fully saturated rings. The zero-order chi connectivity index (χ0) is 20.3. The van der Waals surface area contributed by atoms with Crippen LogP contribution in [0, 0.1) is 11.7 Å². The number of hydrogen-bond donors (Lipinski definition) is 2. The lowest BCUT2D eigenvalue weighted by molar-refractivity contribution is -0.137. The van der Waals surface area contributed by atoms with Crippen LogP contribution in [0.2, 0.25) is 0 Å². The van der Waals surface area contributed by atoms with Crippen molar-refractivity contribution >= 4 is 23.2 Å². The largest absolute Gasteiger partial charge is 0.418 e. The van der Waals surface area contributed by atoms with E-state index in [1.165, 1.54) is 24.3 Å². The van der Waals surface area contributed by atoms with Gasteiger partial charge >= 0.3 is 6.18 Å². The van der Waals surface area contributed by atoms with Crippen molar-refractivity contribution in [1.29, 1.82) is 0 Å². The van der Waals surface area contributed by atoms with Gasteiger partial charge in [0.25, 0.3) is 5.91 Å². The molecule has 1 unspecified atom stereocenters. The third kappa shape index (κ3) is 4.48. The van der Waals surface area contributed by atoms with Gasteiger partial charge in [-0.2, -0.15) is 13.2 Å². The lowest BCUT2D eigenvalue weighted by Gasteiger charge is -2.17. The maximum absolute atomic E-state index is 13.7. The Morgan fingerprint density at radius 3 is 2.46 bits per heavy atom. The predicted octanol–water partition coefficient (Wildman–Crippen LogP) is 4.07. The zero-order valence-corrected chi connectivity index (χ0v) is 14.5. The van der Waals surface area contributed by atoms with Gasteiger partial charge in [-0.25, -0.2) is 4.39 Å². The first-order valence-electron chi connectivity index (χ1n) is 8.41. The third-order valence-electron chi connectivity index (χ3n) is 4.26. The van der Waals surface area contributed by atoms with Gasteiger partial charge in [0.15, 0.2) is 0 Å². The molecule has 0 saturated carbocycles. The van der Waals surface area contributed by atoms with E-state index in [1.54, 1.807) is 0 Å². The van der Waals surface area contributed by atoms with Gasteiger partial charge in [-0.3, -0.25) is 9.59 Å². The molecule has 0 spiro atoms. The Bertz CT molecular complexity index is 893.